The number of nitrogens with zero attached hydrogens (tertiary/aromatic N) is 1. The maximum absolute atomic E-state index is 12.2. The third kappa shape index (κ3) is 1.84. The summed E-state index contributed by atoms with van der Waals surface area (Å²) >= 11 is 0. The molecule has 0 radical (unpaired) electrons. The molecule has 3 rings (SSSR count). The highest BCUT2D eigenvalue weighted by atomic mass is 16.5. The van der Waals surface area contributed by atoms with Crippen LogP contribution >= 0.6 is 0 Å². The Kier molecular flexibility index (Phi) is 3.05. The number of rotatable bonds is 3. The molecule has 0 spiro atoms. The smallest absolute Gasteiger partial charge is 0.223 e. The minimum absolute atomic E-state index is 0.244. The zero-order valence-electron chi connectivity index (χ0n) is 11.3. The van der Waals surface area contributed by atoms with Crippen LogP contribution in [0.5, 0.6) is 5.75 Å². The van der Waals surface area contributed by atoms with Crippen LogP contribution in [-0.4, -0.2) is 30.5 Å². The van der Waals surface area contributed by atoms with Gasteiger partial charge < -0.3 is 9.64 Å². The molecule has 1 aliphatic carbocycles. The Morgan fingerprint density at radius 3 is 3.11 bits per heavy atom. The van der Waals surface area contributed by atoms with E-state index < -0.39 is 0 Å². The minimum atomic E-state index is 0.244. The van der Waals surface area contributed by atoms with Crippen molar-refractivity contribution >= 4 is 5.91 Å². The first kappa shape index (κ1) is 12.3. The number of fused-ring (bicyclic) bond motifs is 3. The molecule has 100 valence electrons. The quantitative estimate of drug-likeness (QED) is 0.779. The third-order valence-electron chi connectivity index (χ3n) is 4.36. The van der Waals surface area contributed by atoms with Gasteiger partial charge in [-0.15, -0.1) is 6.58 Å². The topological polar surface area (TPSA) is 29.5 Å². The summed E-state index contributed by atoms with van der Waals surface area (Å²) in [5, 5.41) is 0. The number of likely N-dealkylation sites (tertiary alicyclic amines) is 1. The van der Waals surface area contributed by atoms with Gasteiger partial charge in [-0.2, -0.15) is 0 Å². The highest BCUT2D eigenvalue weighted by molar-refractivity contribution is 5.81. The van der Waals surface area contributed by atoms with E-state index in [0.29, 0.717) is 19.0 Å². The average Bonchev–Trinajstić information content (AvgIpc) is 2.75. The van der Waals surface area contributed by atoms with E-state index >= 15 is 0 Å². The molecule has 1 aromatic rings. The van der Waals surface area contributed by atoms with Gasteiger partial charge in [-0.25, -0.2) is 0 Å². The van der Waals surface area contributed by atoms with Gasteiger partial charge in [-0.1, -0.05) is 18.2 Å². The summed E-state index contributed by atoms with van der Waals surface area (Å²) < 4.78 is 5.50. The minimum Gasteiger partial charge on any atom is -0.496 e. The normalized spacial score (nSPS) is 24.9. The molecule has 0 N–H and O–H groups in total. The van der Waals surface area contributed by atoms with Crippen LogP contribution in [0.3, 0.4) is 0 Å². The zero-order valence-corrected chi connectivity index (χ0v) is 11.3. The van der Waals surface area contributed by atoms with E-state index in [1.165, 1.54) is 11.1 Å². The molecule has 3 nitrogen and oxygen atoms in total. The van der Waals surface area contributed by atoms with Crippen LogP contribution in [-0.2, 0) is 11.2 Å². The van der Waals surface area contributed by atoms with E-state index in [1.54, 1.807) is 7.11 Å². The van der Waals surface area contributed by atoms with Crippen LogP contribution in [0.25, 0.3) is 0 Å². The Morgan fingerprint density at radius 2 is 2.37 bits per heavy atom. The Hall–Kier alpha value is -1.77. The van der Waals surface area contributed by atoms with Gasteiger partial charge in [0, 0.05) is 30.5 Å². The van der Waals surface area contributed by atoms with Crippen molar-refractivity contribution in [2.24, 2.45) is 0 Å². The first-order valence-electron chi connectivity index (χ1n) is 6.82. The number of benzene rings is 1. The highest BCUT2D eigenvalue weighted by Gasteiger charge is 2.43. The maximum Gasteiger partial charge on any atom is 0.223 e. The fraction of sp³-hybridized carbons (Fsp3) is 0.438. The molecule has 1 amide bonds. The summed E-state index contributed by atoms with van der Waals surface area (Å²) in [6, 6.07) is 6.52. The van der Waals surface area contributed by atoms with Crippen LogP contribution in [0.15, 0.2) is 30.9 Å². The van der Waals surface area contributed by atoms with E-state index in [2.05, 4.69) is 12.6 Å². The predicted octanol–water partition coefficient (Wildman–Crippen LogP) is 2.51. The van der Waals surface area contributed by atoms with Crippen LogP contribution in [0, 0.1) is 0 Å². The average molecular weight is 257 g/mol. The fourth-order valence-corrected chi connectivity index (χ4v) is 3.58. The van der Waals surface area contributed by atoms with E-state index in [9.17, 15) is 4.79 Å². The molecule has 2 atom stereocenters. The van der Waals surface area contributed by atoms with Gasteiger partial charge in [0.15, 0.2) is 0 Å². The van der Waals surface area contributed by atoms with Gasteiger partial charge in [0.05, 0.1) is 7.11 Å². The number of carbonyl (C=O) groups excluding carboxylic acids is 1. The van der Waals surface area contributed by atoms with Crippen molar-refractivity contribution in [2.75, 3.05) is 13.7 Å². The lowest BCUT2D eigenvalue weighted by molar-refractivity contribution is -0.128. The van der Waals surface area contributed by atoms with Crippen molar-refractivity contribution in [3.63, 3.8) is 0 Å². The molecule has 1 fully saturated rings. The summed E-state index contributed by atoms with van der Waals surface area (Å²) in [5.74, 6) is 1.46. The first-order chi connectivity index (χ1) is 9.26. The number of hydrogen-bond donors (Lipinski definition) is 0. The predicted molar refractivity (Wildman–Crippen MR) is 74.4 cm³/mol. The molecular formula is C16H19NO2. The number of aryl methyl sites for hydroxylation is 1. The number of amides is 1. The molecule has 0 unspecified atom stereocenters. The van der Waals surface area contributed by atoms with Crippen molar-refractivity contribution < 1.29 is 9.53 Å². The molecule has 1 heterocycles. The van der Waals surface area contributed by atoms with Gasteiger partial charge in [-0.3, -0.25) is 4.79 Å². The van der Waals surface area contributed by atoms with Crippen LogP contribution in [0.2, 0.25) is 0 Å². The Morgan fingerprint density at radius 1 is 1.53 bits per heavy atom. The lowest BCUT2D eigenvalue weighted by Crippen LogP contribution is -2.37. The van der Waals surface area contributed by atoms with Crippen LogP contribution in [0.1, 0.15) is 29.9 Å². The number of ether oxygens (including phenoxy) is 1. The van der Waals surface area contributed by atoms with Gasteiger partial charge in [-0.05, 0) is 24.5 Å². The van der Waals surface area contributed by atoms with E-state index in [-0.39, 0.29) is 11.8 Å². The molecule has 0 bridgehead atoms. The van der Waals surface area contributed by atoms with E-state index in [4.69, 9.17) is 4.74 Å². The van der Waals surface area contributed by atoms with Crippen molar-refractivity contribution in [1.29, 1.82) is 0 Å². The summed E-state index contributed by atoms with van der Waals surface area (Å²) in [7, 11) is 1.71. The summed E-state index contributed by atoms with van der Waals surface area (Å²) in [5.41, 5.74) is 2.59. The van der Waals surface area contributed by atoms with Crippen molar-refractivity contribution in [3.8, 4) is 5.75 Å². The monoisotopic (exact) mass is 257 g/mol. The standard InChI is InChI=1S/C16H19NO2/c1-3-9-17-13-8-7-11-5-4-6-14(19-2)16(11)12(13)10-15(17)18/h3-6,12-13H,1,7-10H2,2H3/t12-,13-/m1/s1. The number of hydrogen-bond acceptors (Lipinski definition) is 2. The summed E-state index contributed by atoms with van der Waals surface area (Å²) in [6.07, 6.45) is 4.49. The van der Waals surface area contributed by atoms with Gasteiger partial charge in [0.25, 0.3) is 0 Å². The zero-order chi connectivity index (χ0) is 13.4. The SMILES string of the molecule is C=CCN1C(=O)C[C@H]2c3c(cccc3OC)CC[C@H]21. The first-order valence-corrected chi connectivity index (χ1v) is 6.82. The van der Waals surface area contributed by atoms with E-state index in [0.717, 1.165) is 18.6 Å². The molecular weight excluding hydrogens is 238 g/mol. The lowest BCUT2D eigenvalue weighted by atomic mass is 9.79. The Bertz CT molecular complexity index is 509. The van der Waals surface area contributed by atoms with Crippen LogP contribution < -0.4 is 4.74 Å². The molecule has 0 aromatic heterocycles. The Balaban J connectivity index is 2.02. The van der Waals surface area contributed by atoms with Crippen molar-refractivity contribution in [2.45, 2.75) is 31.2 Å². The molecule has 1 aromatic carbocycles. The number of carbonyl (C=O) groups is 1. The van der Waals surface area contributed by atoms with Gasteiger partial charge in [0.2, 0.25) is 5.91 Å². The molecule has 1 saturated heterocycles. The van der Waals surface area contributed by atoms with Crippen molar-refractivity contribution in [3.05, 3.63) is 42.0 Å². The summed E-state index contributed by atoms with van der Waals surface area (Å²) in [4.78, 5) is 14.2. The van der Waals surface area contributed by atoms with Crippen LogP contribution in [0.4, 0.5) is 0 Å². The molecule has 3 heteroatoms. The van der Waals surface area contributed by atoms with Gasteiger partial charge in [0.1, 0.15) is 5.75 Å². The summed E-state index contributed by atoms with van der Waals surface area (Å²) in [6.45, 7) is 4.41. The second kappa shape index (κ2) is 4.72. The largest absolute Gasteiger partial charge is 0.496 e. The molecule has 1 aliphatic heterocycles. The Labute approximate surface area is 113 Å². The second-order valence-corrected chi connectivity index (χ2v) is 5.28. The molecule has 19 heavy (non-hydrogen) atoms. The van der Waals surface area contributed by atoms with Crippen molar-refractivity contribution in [1.82, 2.24) is 4.90 Å². The van der Waals surface area contributed by atoms with E-state index in [1.807, 2.05) is 23.1 Å². The van der Waals surface area contributed by atoms with Gasteiger partial charge >= 0.3 is 0 Å². The number of methoxy groups -OCH3 is 1. The molecule has 2 aliphatic rings. The second-order valence-electron chi connectivity index (χ2n) is 5.28. The molecule has 0 saturated carbocycles. The highest BCUT2D eigenvalue weighted by Crippen LogP contribution is 2.45. The lowest BCUT2D eigenvalue weighted by Gasteiger charge is -2.33. The third-order valence-corrected chi connectivity index (χ3v) is 4.36. The maximum atomic E-state index is 12.2. The fourth-order valence-electron chi connectivity index (χ4n) is 3.58.